The highest BCUT2D eigenvalue weighted by Gasteiger charge is 2.12. The number of hydrogen-bond acceptors (Lipinski definition) is 2. The van der Waals surface area contributed by atoms with E-state index in [9.17, 15) is 0 Å². The maximum Gasteiger partial charge on any atom is 0.191 e. The summed E-state index contributed by atoms with van der Waals surface area (Å²) in [5.74, 6) is 0. The van der Waals surface area contributed by atoms with Crippen LogP contribution in [0.4, 0.5) is 0 Å². The molecule has 0 spiro atoms. The summed E-state index contributed by atoms with van der Waals surface area (Å²) in [5, 5.41) is 1.95. The fourth-order valence-corrected chi connectivity index (χ4v) is 2.00. The molecule has 0 saturated carbocycles. The van der Waals surface area contributed by atoms with Gasteiger partial charge < -0.3 is 35.3 Å². The Hall–Kier alpha value is -0.430. The number of nitrogens with two attached hydrogens (primary N) is 1. The van der Waals surface area contributed by atoms with E-state index in [2.05, 4.69) is 38.8 Å². The third kappa shape index (κ3) is 6.83. The van der Waals surface area contributed by atoms with Crippen molar-refractivity contribution >= 4 is 22.3 Å². The molecule has 112 valence electrons. The fourth-order valence-electron chi connectivity index (χ4n) is 1.74. The molecule has 1 aliphatic rings. The summed E-state index contributed by atoms with van der Waals surface area (Å²) in [7, 11) is 0. The van der Waals surface area contributed by atoms with Crippen molar-refractivity contribution in [3.05, 3.63) is 46.2 Å². The smallest absolute Gasteiger partial charge is 0.191 e. The predicted octanol–water partition coefficient (Wildman–Crippen LogP) is -5.58. The molecule has 20 heavy (non-hydrogen) atoms. The first-order chi connectivity index (χ1) is 8.74. The van der Waals surface area contributed by atoms with E-state index in [4.69, 9.17) is 4.74 Å². The molecule has 1 atom stereocenters. The van der Waals surface area contributed by atoms with Crippen LogP contribution in [0.5, 0.6) is 0 Å². The highest BCUT2D eigenvalue weighted by atomic mass is 79.9. The number of nitrogens with zero attached hydrogens (tertiary/aromatic N) is 1. The molecule has 0 aromatic heterocycles. The van der Waals surface area contributed by atoms with Gasteiger partial charge in [-0.2, -0.15) is 0 Å². The second-order valence-electron chi connectivity index (χ2n) is 4.34. The molecule has 0 unspecified atom stereocenters. The zero-order chi connectivity index (χ0) is 12.8. The summed E-state index contributed by atoms with van der Waals surface area (Å²) in [6.07, 6.45) is 4.70. The van der Waals surface area contributed by atoms with Gasteiger partial charge >= 0.3 is 0 Å². The van der Waals surface area contributed by atoms with Crippen LogP contribution in [-0.2, 0) is 11.3 Å². The fraction of sp³-hybridized carbons (Fsp3) is 0.308. The molecule has 1 heterocycles. The van der Waals surface area contributed by atoms with Gasteiger partial charge in [0.1, 0.15) is 17.9 Å². The zero-order valence-electron chi connectivity index (χ0n) is 10.9. The number of quaternary nitrogens is 2. The number of aliphatic imine (C=N–C) groups is 1. The van der Waals surface area contributed by atoms with Gasteiger partial charge in [0.2, 0.25) is 0 Å². The minimum atomic E-state index is 0. The van der Waals surface area contributed by atoms with Crippen LogP contribution in [0.2, 0.25) is 0 Å². The van der Waals surface area contributed by atoms with Crippen molar-refractivity contribution in [1.82, 2.24) is 0 Å². The number of benzene rings is 1. The van der Waals surface area contributed by atoms with E-state index < -0.39 is 0 Å². The Labute approximate surface area is 139 Å². The van der Waals surface area contributed by atoms with Crippen LogP contribution < -0.4 is 35.9 Å². The Morgan fingerprint density at radius 2 is 1.95 bits per heavy atom. The number of hydrogen-bond donors (Lipinski definition) is 2. The van der Waals surface area contributed by atoms with Gasteiger partial charge in [-0.3, -0.25) is 5.32 Å². The average molecular weight is 383 g/mol. The Kier molecular flexibility index (Phi) is 10.1. The standard InChI is InChI=1S/C13H16BrN3O.2ClH/c14-11-3-1-10(2-4-11)7-18-8-12(15)5-13-6-16-9-17-13;;/h1-4,6,9,12H,5,7-8,15H2,(H,16,17);2*1H/t12-;;/m1../s1. The molecular weight excluding hydrogens is 365 g/mol. The van der Waals surface area contributed by atoms with E-state index in [1.807, 2.05) is 30.0 Å². The predicted molar refractivity (Wildman–Crippen MR) is 73.6 cm³/mol. The molecule has 0 fully saturated rings. The SMILES string of the molecule is [Cl-].[Cl-].[NH3+][C@@H](COCc1ccc(Br)cc1)CC1=C[NH2+]C=N1. The van der Waals surface area contributed by atoms with Gasteiger partial charge in [-0.25, -0.2) is 4.99 Å². The third-order valence-electron chi connectivity index (χ3n) is 2.65. The summed E-state index contributed by atoms with van der Waals surface area (Å²) >= 11 is 3.41. The lowest BCUT2D eigenvalue weighted by Crippen LogP contribution is -3.00. The molecule has 0 bridgehead atoms. The minimum Gasteiger partial charge on any atom is -1.00 e. The maximum absolute atomic E-state index is 5.66. The van der Waals surface area contributed by atoms with Gasteiger partial charge in [0.15, 0.2) is 6.34 Å². The van der Waals surface area contributed by atoms with Crippen molar-refractivity contribution < 1.29 is 40.6 Å². The second kappa shape index (κ2) is 10.3. The topological polar surface area (TPSA) is 65.8 Å². The van der Waals surface area contributed by atoms with E-state index in [-0.39, 0.29) is 30.9 Å². The van der Waals surface area contributed by atoms with Crippen LogP contribution in [0, 0.1) is 0 Å². The quantitative estimate of drug-likeness (QED) is 0.506. The van der Waals surface area contributed by atoms with Crippen LogP contribution in [-0.4, -0.2) is 19.0 Å². The van der Waals surface area contributed by atoms with E-state index in [0.717, 1.165) is 16.6 Å². The van der Waals surface area contributed by atoms with Crippen LogP contribution in [0.1, 0.15) is 12.0 Å². The number of rotatable bonds is 6. The minimum absolute atomic E-state index is 0. The first kappa shape index (κ1) is 19.6. The molecule has 0 amide bonds. The zero-order valence-corrected chi connectivity index (χ0v) is 14.0. The molecule has 1 aromatic rings. The van der Waals surface area contributed by atoms with E-state index >= 15 is 0 Å². The molecule has 1 aromatic carbocycles. The first-order valence-electron chi connectivity index (χ1n) is 5.96. The van der Waals surface area contributed by atoms with Crippen LogP contribution >= 0.6 is 15.9 Å². The third-order valence-corrected chi connectivity index (χ3v) is 3.18. The molecule has 1 aliphatic heterocycles. The van der Waals surface area contributed by atoms with E-state index in [1.54, 1.807) is 0 Å². The van der Waals surface area contributed by atoms with Crippen LogP contribution in [0.25, 0.3) is 0 Å². The van der Waals surface area contributed by atoms with E-state index in [0.29, 0.717) is 13.2 Å². The molecule has 0 saturated heterocycles. The van der Waals surface area contributed by atoms with Gasteiger partial charge in [0, 0.05) is 10.9 Å². The molecule has 5 N–H and O–H groups in total. The Morgan fingerprint density at radius 1 is 1.25 bits per heavy atom. The van der Waals surface area contributed by atoms with E-state index in [1.165, 1.54) is 5.56 Å². The molecule has 4 nitrogen and oxygen atoms in total. The summed E-state index contributed by atoms with van der Waals surface area (Å²) in [4.78, 5) is 4.23. The number of ether oxygens (including phenoxy) is 1. The summed E-state index contributed by atoms with van der Waals surface area (Å²) in [6, 6.07) is 8.40. The van der Waals surface area contributed by atoms with Crippen molar-refractivity contribution in [2.75, 3.05) is 6.61 Å². The number of halogens is 3. The van der Waals surface area contributed by atoms with Crippen molar-refractivity contribution in [2.24, 2.45) is 4.99 Å². The van der Waals surface area contributed by atoms with Crippen molar-refractivity contribution in [3.8, 4) is 0 Å². The van der Waals surface area contributed by atoms with Gasteiger partial charge in [0.05, 0.1) is 13.2 Å². The summed E-state index contributed by atoms with van der Waals surface area (Å²) in [5.41, 5.74) is 6.35. The monoisotopic (exact) mass is 381 g/mol. The molecule has 7 heteroatoms. The highest BCUT2D eigenvalue weighted by molar-refractivity contribution is 9.10. The second-order valence-corrected chi connectivity index (χ2v) is 5.26. The largest absolute Gasteiger partial charge is 1.00 e. The Balaban J connectivity index is 0.00000180. The lowest BCUT2D eigenvalue weighted by Gasteiger charge is -2.08. The first-order valence-corrected chi connectivity index (χ1v) is 6.75. The summed E-state index contributed by atoms with van der Waals surface area (Å²) < 4.78 is 6.75. The highest BCUT2D eigenvalue weighted by Crippen LogP contribution is 2.11. The molecule has 2 rings (SSSR count). The lowest BCUT2D eigenvalue weighted by atomic mass is 10.2. The van der Waals surface area contributed by atoms with Gasteiger partial charge in [-0.05, 0) is 17.7 Å². The Bertz CT molecular complexity index is 451. The van der Waals surface area contributed by atoms with Gasteiger partial charge in [0.25, 0.3) is 0 Å². The molecular formula is C13H18BrCl2N3O. The lowest BCUT2D eigenvalue weighted by molar-refractivity contribution is -0.449. The van der Waals surface area contributed by atoms with Crippen molar-refractivity contribution in [1.29, 1.82) is 0 Å². The van der Waals surface area contributed by atoms with Crippen molar-refractivity contribution in [3.63, 3.8) is 0 Å². The van der Waals surface area contributed by atoms with Gasteiger partial charge in [-0.15, -0.1) is 0 Å². The average Bonchev–Trinajstić information content (AvgIpc) is 2.84. The van der Waals surface area contributed by atoms with Crippen LogP contribution in [0.15, 0.2) is 45.6 Å². The van der Waals surface area contributed by atoms with Crippen molar-refractivity contribution in [2.45, 2.75) is 19.1 Å². The Morgan fingerprint density at radius 3 is 2.55 bits per heavy atom. The van der Waals surface area contributed by atoms with Crippen LogP contribution in [0.3, 0.4) is 0 Å². The normalized spacial score (nSPS) is 14.2. The van der Waals surface area contributed by atoms with Gasteiger partial charge in [-0.1, -0.05) is 28.1 Å². The molecule has 0 aliphatic carbocycles. The summed E-state index contributed by atoms with van der Waals surface area (Å²) in [6.45, 7) is 1.29. The molecule has 0 radical (unpaired) electrons. The maximum atomic E-state index is 5.66.